The van der Waals surface area contributed by atoms with Gasteiger partial charge < -0.3 is 5.32 Å². The Hall–Kier alpha value is -1.81. The molecule has 2 aromatic rings. The lowest BCUT2D eigenvalue weighted by molar-refractivity contribution is 0.469. The summed E-state index contributed by atoms with van der Waals surface area (Å²) >= 11 is 0. The molecule has 4 heteroatoms. The second kappa shape index (κ2) is 6.76. The molecule has 0 heterocycles. The summed E-state index contributed by atoms with van der Waals surface area (Å²) in [6.45, 7) is 4.03. The van der Waals surface area contributed by atoms with Crippen LogP contribution in [0.15, 0.2) is 36.4 Å². The molecule has 0 saturated carbocycles. The van der Waals surface area contributed by atoms with E-state index in [9.17, 15) is 13.2 Å². The van der Waals surface area contributed by atoms with Crippen LogP contribution in [0.3, 0.4) is 0 Å². The lowest BCUT2D eigenvalue weighted by Crippen LogP contribution is -2.25. The number of benzene rings is 2. The Bertz CT molecular complexity index is 625. The molecule has 0 saturated heterocycles. The first kappa shape index (κ1) is 15.6. The van der Waals surface area contributed by atoms with Crippen molar-refractivity contribution in [2.24, 2.45) is 0 Å². The third-order valence-electron chi connectivity index (χ3n) is 3.45. The molecule has 0 amide bonds. The summed E-state index contributed by atoms with van der Waals surface area (Å²) in [5, 5.41) is 3.07. The van der Waals surface area contributed by atoms with Crippen molar-refractivity contribution in [1.82, 2.24) is 5.32 Å². The molecule has 1 nitrogen and oxygen atoms in total. The summed E-state index contributed by atoms with van der Waals surface area (Å²) in [6.07, 6.45) is 0.322. The van der Waals surface area contributed by atoms with Crippen LogP contribution in [-0.4, -0.2) is 6.54 Å². The van der Waals surface area contributed by atoms with Crippen LogP contribution >= 0.6 is 0 Å². The minimum atomic E-state index is -0.583. The standard InChI is InChI=1S/C17H18F3N/c1-3-21-15(10-12-5-4-6-13(18)9-12)16-14(19)8-7-11(2)17(16)20/h4-9,15,21H,3,10H2,1-2H3. The first-order valence-corrected chi connectivity index (χ1v) is 6.95. The van der Waals surface area contributed by atoms with E-state index in [1.165, 1.54) is 24.3 Å². The summed E-state index contributed by atoms with van der Waals surface area (Å²) < 4.78 is 41.6. The van der Waals surface area contributed by atoms with Crippen LogP contribution in [0, 0.1) is 24.4 Å². The van der Waals surface area contributed by atoms with Gasteiger partial charge in [0, 0.05) is 11.6 Å². The minimum absolute atomic E-state index is 0.0149. The van der Waals surface area contributed by atoms with E-state index in [2.05, 4.69) is 5.32 Å². The van der Waals surface area contributed by atoms with Crippen molar-refractivity contribution in [2.75, 3.05) is 6.54 Å². The van der Waals surface area contributed by atoms with Gasteiger partial charge in [0.1, 0.15) is 17.5 Å². The van der Waals surface area contributed by atoms with Crippen molar-refractivity contribution < 1.29 is 13.2 Å². The second-order valence-corrected chi connectivity index (χ2v) is 5.04. The molecule has 0 fully saturated rings. The Morgan fingerprint density at radius 3 is 2.52 bits per heavy atom. The highest BCUT2D eigenvalue weighted by Crippen LogP contribution is 2.26. The molecule has 1 unspecified atom stereocenters. The van der Waals surface area contributed by atoms with Gasteiger partial charge in [-0.1, -0.05) is 25.1 Å². The van der Waals surface area contributed by atoms with Gasteiger partial charge in [-0.3, -0.25) is 0 Å². The fourth-order valence-electron chi connectivity index (χ4n) is 2.42. The van der Waals surface area contributed by atoms with Crippen molar-refractivity contribution in [1.29, 1.82) is 0 Å². The molecule has 112 valence electrons. The molecule has 0 aromatic heterocycles. The summed E-state index contributed by atoms with van der Waals surface area (Å²) in [5.41, 5.74) is 1.11. The van der Waals surface area contributed by atoms with Crippen LogP contribution in [-0.2, 0) is 6.42 Å². The molecule has 1 atom stereocenters. The number of halogens is 3. The average molecular weight is 293 g/mol. The summed E-state index contributed by atoms with van der Waals surface area (Å²) in [7, 11) is 0. The van der Waals surface area contributed by atoms with E-state index < -0.39 is 17.7 Å². The van der Waals surface area contributed by atoms with Crippen molar-refractivity contribution >= 4 is 0 Å². The van der Waals surface area contributed by atoms with Crippen LogP contribution in [0.2, 0.25) is 0 Å². The Balaban J connectivity index is 2.38. The minimum Gasteiger partial charge on any atom is -0.310 e. The summed E-state index contributed by atoms with van der Waals surface area (Å²) in [6, 6.07) is 8.23. The van der Waals surface area contributed by atoms with Crippen LogP contribution in [0.4, 0.5) is 13.2 Å². The maximum absolute atomic E-state index is 14.3. The monoisotopic (exact) mass is 293 g/mol. The van der Waals surface area contributed by atoms with Gasteiger partial charge in [-0.15, -0.1) is 0 Å². The Labute approximate surface area is 122 Å². The molecule has 0 radical (unpaired) electrons. The second-order valence-electron chi connectivity index (χ2n) is 5.04. The van der Waals surface area contributed by atoms with Gasteiger partial charge in [-0.2, -0.15) is 0 Å². The Morgan fingerprint density at radius 2 is 1.86 bits per heavy atom. The molecule has 0 spiro atoms. The van der Waals surface area contributed by atoms with Crippen molar-refractivity contribution in [3.63, 3.8) is 0 Å². The largest absolute Gasteiger partial charge is 0.310 e. The highest BCUT2D eigenvalue weighted by atomic mass is 19.1. The normalized spacial score (nSPS) is 12.4. The van der Waals surface area contributed by atoms with Gasteiger partial charge >= 0.3 is 0 Å². The molecule has 0 bridgehead atoms. The molecule has 0 aliphatic rings. The third-order valence-corrected chi connectivity index (χ3v) is 3.45. The maximum Gasteiger partial charge on any atom is 0.133 e. The zero-order valence-electron chi connectivity index (χ0n) is 12.1. The maximum atomic E-state index is 14.3. The molecule has 1 N–H and O–H groups in total. The van der Waals surface area contributed by atoms with Crippen LogP contribution in [0.1, 0.15) is 29.7 Å². The quantitative estimate of drug-likeness (QED) is 0.866. The predicted octanol–water partition coefficient (Wildman–Crippen LogP) is 4.31. The topological polar surface area (TPSA) is 12.0 Å². The molecule has 0 aliphatic carbocycles. The van der Waals surface area contributed by atoms with Gasteiger partial charge in [0.15, 0.2) is 0 Å². The summed E-state index contributed by atoms with van der Waals surface area (Å²) in [4.78, 5) is 0. The zero-order valence-corrected chi connectivity index (χ0v) is 12.1. The number of likely N-dealkylation sites (N-methyl/N-ethyl adjacent to an activating group) is 1. The predicted molar refractivity (Wildman–Crippen MR) is 77.6 cm³/mol. The molecular weight excluding hydrogens is 275 g/mol. The van der Waals surface area contributed by atoms with Crippen molar-refractivity contribution in [3.8, 4) is 0 Å². The van der Waals surface area contributed by atoms with Crippen molar-refractivity contribution in [3.05, 3.63) is 70.5 Å². The Kier molecular flexibility index (Phi) is 5.02. The van der Waals surface area contributed by atoms with Gasteiger partial charge in [0.25, 0.3) is 0 Å². The highest BCUT2D eigenvalue weighted by molar-refractivity contribution is 5.31. The van der Waals surface area contributed by atoms with Gasteiger partial charge in [0.05, 0.1) is 0 Å². The third kappa shape index (κ3) is 3.64. The smallest absolute Gasteiger partial charge is 0.133 e. The van der Waals surface area contributed by atoms with Crippen LogP contribution in [0.25, 0.3) is 0 Å². The van der Waals surface area contributed by atoms with E-state index in [0.717, 1.165) is 0 Å². The Morgan fingerprint density at radius 1 is 1.10 bits per heavy atom. The summed E-state index contributed by atoms with van der Waals surface area (Å²) in [5.74, 6) is -1.48. The van der Waals surface area contributed by atoms with Gasteiger partial charge in [-0.05, 0) is 49.2 Å². The van der Waals surface area contributed by atoms with Crippen molar-refractivity contribution in [2.45, 2.75) is 26.3 Å². The SMILES string of the molecule is CCNC(Cc1cccc(F)c1)c1c(F)ccc(C)c1F. The van der Waals surface area contributed by atoms with E-state index in [1.54, 1.807) is 19.1 Å². The van der Waals surface area contributed by atoms with E-state index in [4.69, 9.17) is 0 Å². The first-order chi connectivity index (χ1) is 10.0. The van der Waals surface area contributed by atoms with Crippen LogP contribution in [0.5, 0.6) is 0 Å². The molecule has 0 aliphatic heterocycles. The fraction of sp³-hybridized carbons (Fsp3) is 0.294. The van der Waals surface area contributed by atoms with E-state index in [1.807, 2.05) is 6.92 Å². The average Bonchev–Trinajstić information content (AvgIpc) is 2.44. The van der Waals surface area contributed by atoms with Gasteiger partial charge in [0.2, 0.25) is 0 Å². The number of rotatable bonds is 5. The molecule has 2 rings (SSSR count). The zero-order chi connectivity index (χ0) is 15.4. The fourth-order valence-corrected chi connectivity index (χ4v) is 2.42. The van der Waals surface area contributed by atoms with E-state index in [0.29, 0.717) is 24.1 Å². The molecule has 21 heavy (non-hydrogen) atoms. The number of aryl methyl sites for hydroxylation is 1. The lowest BCUT2D eigenvalue weighted by Gasteiger charge is -2.20. The lowest BCUT2D eigenvalue weighted by atomic mass is 9.96. The molecule has 2 aromatic carbocycles. The number of nitrogens with one attached hydrogen (secondary N) is 1. The molecular formula is C17H18F3N. The number of hydrogen-bond donors (Lipinski definition) is 1. The highest BCUT2D eigenvalue weighted by Gasteiger charge is 2.21. The van der Waals surface area contributed by atoms with Crippen LogP contribution < -0.4 is 5.32 Å². The number of hydrogen-bond acceptors (Lipinski definition) is 1. The first-order valence-electron chi connectivity index (χ1n) is 6.95. The van der Waals surface area contributed by atoms with Gasteiger partial charge in [-0.25, -0.2) is 13.2 Å². The van der Waals surface area contributed by atoms with E-state index in [-0.39, 0.29) is 11.4 Å². The van der Waals surface area contributed by atoms with E-state index >= 15 is 0 Å².